The van der Waals surface area contributed by atoms with E-state index in [4.69, 9.17) is 9.47 Å². The highest BCUT2D eigenvalue weighted by Crippen LogP contribution is 2.20. The van der Waals surface area contributed by atoms with Gasteiger partial charge in [-0.3, -0.25) is 4.79 Å². The van der Waals surface area contributed by atoms with Crippen LogP contribution in [0.5, 0.6) is 11.5 Å². The largest absolute Gasteiger partial charge is 0.497 e. The maximum Gasteiger partial charge on any atom is 0.191 e. The third kappa shape index (κ3) is 5.60. The standard InChI is InChI=1S/C22H25N3O3S/c1-25-21(6-4-5-16-7-11-18(27-2)12-8-16)23-24-22(25)29-15-20(26)17-9-13-19(28-3)14-10-17/h7-14H,4-6,15H2,1-3H3. The van der Waals surface area contributed by atoms with Gasteiger partial charge in [-0.15, -0.1) is 10.2 Å². The molecule has 0 fully saturated rings. The summed E-state index contributed by atoms with van der Waals surface area (Å²) in [4.78, 5) is 12.4. The molecule has 1 aromatic heterocycles. The summed E-state index contributed by atoms with van der Waals surface area (Å²) in [6.07, 6.45) is 2.78. The Hall–Kier alpha value is -2.80. The fraction of sp³-hybridized carbons (Fsp3) is 0.318. The number of benzene rings is 2. The molecule has 29 heavy (non-hydrogen) atoms. The number of aromatic nitrogens is 3. The second-order valence-electron chi connectivity index (χ2n) is 6.60. The molecular weight excluding hydrogens is 386 g/mol. The Kier molecular flexibility index (Phi) is 7.30. The third-order valence-corrected chi connectivity index (χ3v) is 5.71. The highest BCUT2D eigenvalue weighted by Gasteiger charge is 2.13. The molecule has 0 aliphatic rings. The number of carbonyl (C=O) groups is 1. The van der Waals surface area contributed by atoms with Gasteiger partial charge in [0.25, 0.3) is 0 Å². The van der Waals surface area contributed by atoms with Crippen molar-refractivity contribution in [2.24, 2.45) is 7.05 Å². The fourth-order valence-electron chi connectivity index (χ4n) is 2.92. The minimum atomic E-state index is 0.0571. The number of Topliss-reactive ketones (excluding diaryl/α,β-unsaturated/α-hetero) is 1. The third-order valence-electron chi connectivity index (χ3n) is 4.69. The fourth-order valence-corrected chi connectivity index (χ4v) is 3.75. The van der Waals surface area contributed by atoms with Gasteiger partial charge >= 0.3 is 0 Å². The minimum Gasteiger partial charge on any atom is -0.497 e. The Morgan fingerprint density at radius 2 is 1.55 bits per heavy atom. The smallest absolute Gasteiger partial charge is 0.191 e. The number of carbonyl (C=O) groups excluding carboxylic acids is 1. The van der Waals surface area contributed by atoms with Crippen LogP contribution in [0.2, 0.25) is 0 Å². The van der Waals surface area contributed by atoms with Gasteiger partial charge in [0.05, 0.1) is 20.0 Å². The van der Waals surface area contributed by atoms with Crippen LogP contribution >= 0.6 is 11.8 Å². The molecule has 2 aromatic carbocycles. The lowest BCUT2D eigenvalue weighted by Gasteiger charge is -2.05. The molecule has 0 saturated heterocycles. The second-order valence-corrected chi connectivity index (χ2v) is 7.54. The molecule has 6 nitrogen and oxygen atoms in total. The predicted octanol–water partition coefficient (Wildman–Crippen LogP) is 3.98. The van der Waals surface area contributed by atoms with Crippen LogP contribution in [-0.2, 0) is 19.9 Å². The van der Waals surface area contributed by atoms with Gasteiger partial charge in [0.2, 0.25) is 0 Å². The van der Waals surface area contributed by atoms with Gasteiger partial charge in [0.1, 0.15) is 17.3 Å². The van der Waals surface area contributed by atoms with Crippen LogP contribution in [-0.4, -0.2) is 40.5 Å². The molecule has 1 heterocycles. The van der Waals surface area contributed by atoms with Crippen LogP contribution < -0.4 is 9.47 Å². The first-order valence-electron chi connectivity index (χ1n) is 9.42. The lowest BCUT2D eigenvalue weighted by Crippen LogP contribution is -2.05. The summed E-state index contributed by atoms with van der Waals surface area (Å²) in [6, 6.07) is 15.3. The summed E-state index contributed by atoms with van der Waals surface area (Å²) in [5, 5.41) is 9.29. The lowest BCUT2D eigenvalue weighted by molar-refractivity contribution is 0.102. The molecule has 0 amide bonds. The molecule has 0 spiro atoms. The van der Waals surface area contributed by atoms with Gasteiger partial charge in [-0.2, -0.15) is 0 Å². The van der Waals surface area contributed by atoms with Gasteiger partial charge in [-0.1, -0.05) is 23.9 Å². The van der Waals surface area contributed by atoms with E-state index in [1.807, 2.05) is 23.7 Å². The monoisotopic (exact) mass is 411 g/mol. The van der Waals surface area contributed by atoms with Gasteiger partial charge in [0.15, 0.2) is 10.9 Å². The van der Waals surface area contributed by atoms with E-state index in [1.54, 1.807) is 38.5 Å². The van der Waals surface area contributed by atoms with E-state index >= 15 is 0 Å². The minimum absolute atomic E-state index is 0.0571. The number of ether oxygens (including phenoxy) is 2. The SMILES string of the molecule is COc1ccc(CCCc2nnc(SCC(=O)c3ccc(OC)cc3)n2C)cc1. The normalized spacial score (nSPS) is 10.7. The quantitative estimate of drug-likeness (QED) is 0.371. The van der Waals surface area contributed by atoms with E-state index in [1.165, 1.54) is 17.3 Å². The molecule has 152 valence electrons. The maximum atomic E-state index is 12.4. The zero-order chi connectivity index (χ0) is 20.6. The molecule has 0 aliphatic carbocycles. The molecule has 0 radical (unpaired) electrons. The van der Waals surface area contributed by atoms with Crippen LogP contribution in [0.25, 0.3) is 0 Å². The van der Waals surface area contributed by atoms with Gasteiger partial charge in [0, 0.05) is 19.0 Å². The van der Waals surface area contributed by atoms with Crippen molar-refractivity contribution in [3.63, 3.8) is 0 Å². The molecule has 0 unspecified atom stereocenters. The summed E-state index contributed by atoms with van der Waals surface area (Å²) >= 11 is 1.41. The van der Waals surface area contributed by atoms with E-state index in [0.717, 1.165) is 41.7 Å². The maximum absolute atomic E-state index is 12.4. The number of rotatable bonds is 10. The average molecular weight is 412 g/mol. The first-order chi connectivity index (χ1) is 14.1. The van der Waals surface area contributed by atoms with Crippen molar-refractivity contribution in [2.45, 2.75) is 24.4 Å². The average Bonchev–Trinajstić information content (AvgIpc) is 3.12. The molecule has 0 N–H and O–H groups in total. The number of nitrogens with zero attached hydrogens (tertiary/aromatic N) is 3. The number of hydrogen-bond donors (Lipinski definition) is 0. The van der Waals surface area contributed by atoms with E-state index in [9.17, 15) is 4.79 Å². The molecule has 7 heteroatoms. The molecule has 3 aromatic rings. The van der Waals surface area contributed by atoms with Crippen molar-refractivity contribution >= 4 is 17.5 Å². The van der Waals surface area contributed by atoms with E-state index in [0.29, 0.717) is 11.3 Å². The molecule has 0 saturated carbocycles. The summed E-state index contributed by atoms with van der Waals surface area (Å²) < 4.78 is 12.3. The number of thioether (sulfide) groups is 1. The topological polar surface area (TPSA) is 66.2 Å². The van der Waals surface area contributed by atoms with Crippen LogP contribution in [0.15, 0.2) is 53.7 Å². The van der Waals surface area contributed by atoms with Crippen molar-refractivity contribution in [2.75, 3.05) is 20.0 Å². The first kappa shape index (κ1) is 20.9. The Labute approximate surface area is 175 Å². The van der Waals surface area contributed by atoms with Crippen LogP contribution in [0.3, 0.4) is 0 Å². The second kappa shape index (κ2) is 10.1. The van der Waals surface area contributed by atoms with E-state index < -0.39 is 0 Å². The molecular formula is C22H25N3O3S. The van der Waals surface area contributed by atoms with Crippen molar-refractivity contribution in [3.05, 3.63) is 65.5 Å². The number of hydrogen-bond acceptors (Lipinski definition) is 6. The lowest BCUT2D eigenvalue weighted by atomic mass is 10.1. The van der Waals surface area contributed by atoms with E-state index in [-0.39, 0.29) is 5.78 Å². The number of methoxy groups -OCH3 is 2. The van der Waals surface area contributed by atoms with Gasteiger partial charge < -0.3 is 14.0 Å². The van der Waals surface area contributed by atoms with E-state index in [2.05, 4.69) is 22.3 Å². The zero-order valence-electron chi connectivity index (χ0n) is 16.9. The first-order valence-corrected chi connectivity index (χ1v) is 10.4. The van der Waals surface area contributed by atoms with Crippen molar-refractivity contribution in [1.82, 2.24) is 14.8 Å². The molecule has 0 atom stereocenters. The summed E-state index contributed by atoms with van der Waals surface area (Å²) in [6.45, 7) is 0. The molecule has 0 aliphatic heterocycles. The highest BCUT2D eigenvalue weighted by molar-refractivity contribution is 7.99. The van der Waals surface area contributed by atoms with Crippen molar-refractivity contribution < 1.29 is 14.3 Å². The zero-order valence-corrected chi connectivity index (χ0v) is 17.7. The highest BCUT2D eigenvalue weighted by atomic mass is 32.2. The Bertz CT molecular complexity index is 937. The predicted molar refractivity (Wildman–Crippen MR) is 114 cm³/mol. The Morgan fingerprint density at radius 1 is 0.931 bits per heavy atom. The van der Waals surface area contributed by atoms with Crippen molar-refractivity contribution in [1.29, 1.82) is 0 Å². The Morgan fingerprint density at radius 3 is 2.17 bits per heavy atom. The van der Waals surface area contributed by atoms with Crippen LogP contribution in [0, 0.1) is 0 Å². The molecule has 0 bridgehead atoms. The number of ketones is 1. The molecule has 3 rings (SSSR count). The Balaban J connectivity index is 1.49. The van der Waals surface area contributed by atoms with Crippen LogP contribution in [0.1, 0.15) is 28.2 Å². The summed E-state index contributed by atoms with van der Waals surface area (Å²) in [5.41, 5.74) is 1.94. The van der Waals surface area contributed by atoms with Crippen molar-refractivity contribution in [3.8, 4) is 11.5 Å². The number of aryl methyl sites for hydroxylation is 2. The summed E-state index contributed by atoms with van der Waals surface area (Å²) in [5.74, 6) is 2.92. The van der Waals surface area contributed by atoms with Gasteiger partial charge in [-0.05, 0) is 54.8 Å². The van der Waals surface area contributed by atoms with Gasteiger partial charge in [-0.25, -0.2) is 0 Å². The summed E-state index contributed by atoms with van der Waals surface area (Å²) in [7, 11) is 5.22. The van der Waals surface area contributed by atoms with Crippen LogP contribution in [0.4, 0.5) is 0 Å².